The number of hydrogen-bond donors (Lipinski definition) is 2. The highest BCUT2D eigenvalue weighted by Gasteiger charge is 1.98. The first-order valence-corrected chi connectivity index (χ1v) is 3.31. The van der Waals surface area contributed by atoms with Crippen molar-refractivity contribution in [1.82, 2.24) is 0 Å². The highest BCUT2D eigenvalue weighted by atomic mass is 32.1. The Bertz CT molecular complexity index is 272. The predicted molar refractivity (Wildman–Crippen MR) is 42.1 cm³/mol. The van der Waals surface area contributed by atoms with Crippen molar-refractivity contribution >= 4 is 19.1 Å². The van der Waals surface area contributed by atoms with Gasteiger partial charge in [0, 0.05) is 11.0 Å². The molecule has 0 saturated heterocycles. The Morgan fingerprint density at radius 2 is 2.27 bits per heavy atom. The zero-order valence-electron chi connectivity index (χ0n) is 5.52. The lowest BCUT2D eigenvalue weighted by Crippen LogP contribution is -1.87. The number of hydrogen-bond acceptors (Lipinski definition) is 4. The molecule has 58 valence electrons. The average Bonchev–Trinajstić information content (AvgIpc) is 1.98. The molecule has 1 aromatic carbocycles. The van der Waals surface area contributed by atoms with Crippen LogP contribution in [0.25, 0.3) is 0 Å². The fraction of sp³-hybridized carbons (Fsp3) is 0. The molecule has 0 aliphatic heterocycles. The minimum Gasteiger partial charge on any atom is -0.507 e. The molecule has 0 radical (unpaired) electrons. The molecule has 0 spiro atoms. The lowest BCUT2D eigenvalue weighted by atomic mass is 10.3. The number of thiol groups is 1. The van der Waals surface area contributed by atoms with E-state index < -0.39 is 0 Å². The molecule has 0 atom stereocenters. The second-order valence-electron chi connectivity index (χ2n) is 1.86. The topological polar surface area (TPSA) is 46.5 Å². The van der Waals surface area contributed by atoms with Crippen LogP contribution in [0.4, 0.5) is 0 Å². The fourth-order valence-electron chi connectivity index (χ4n) is 0.632. The van der Waals surface area contributed by atoms with Gasteiger partial charge in [0.1, 0.15) is 11.5 Å². The second kappa shape index (κ2) is 3.30. The van der Waals surface area contributed by atoms with Crippen molar-refractivity contribution in [2.24, 2.45) is 0 Å². The van der Waals surface area contributed by atoms with Gasteiger partial charge in [-0.05, 0) is 12.1 Å². The van der Waals surface area contributed by atoms with Crippen LogP contribution in [0.3, 0.4) is 0 Å². The minimum atomic E-state index is -0.00677. The lowest BCUT2D eigenvalue weighted by molar-refractivity contribution is -0.120. The number of phenolic OH excluding ortho intramolecular Hbond substituents is 1. The van der Waals surface area contributed by atoms with Crippen LogP contribution in [0, 0.1) is 0 Å². The van der Waals surface area contributed by atoms with Crippen LogP contribution in [0.1, 0.15) is 0 Å². The maximum absolute atomic E-state index is 9.85. The Balaban J connectivity index is 2.95. The molecule has 1 rings (SSSR count). The van der Waals surface area contributed by atoms with E-state index in [-0.39, 0.29) is 5.75 Å². The van der Waals surface area contributed by atoms with Crippen LogP contribution < -0.4 is 4.74 Å². The fourth-order valence-corrected chi connectivity index (χ4v) is 0.771. The third kappa shape index (κ3) is 1.88. The molecule has 3 nitrogen and oxygen atoms in total. The van der Waals surface area contributed by atoms with Crippen molar-refractivity contribution in [3.63, 3.8) is 0 Å². The van der Waals surface area contributed by atoms with Gasteiger partial charge in [0.05, 0.1) is 0 Å². The maximum atomic E-state index is 9.85. The number of phenols is 1. The van der Waals surface area contributed by atoms with Crippen LogP contribution >= 0.6 is 12.6 Å². The van der Waals surface area contributed by atoms with Crippen molar-refractivity contribution < 1.29 is 14.6 Å². The SMILES string of the molecule is O=COc1ccc(S)c(O)c1. The molecule has 1 aromatic rings. The smallest absolute Gasteiger partial charge is 0.298 e. The molecule has 0 amide bonds. The van der Waals surface area contributed by atoms with Crippen LogP contribution in [0.5, 0.6) is 11.5 Å². The Morgan fingerprint density at radius 1 is 1.55 bits per heavy atom. The van der Waals surface area contributed by atoms with Gasteiger partial charge in [0.25, 0.3) is 6.47 Å². The first-order valence-electron chi connectivity index (χ1n) is 2.86. The monoisotopic (exact) mass is 170 g/mol. The second-order valence-corrected chi connectivity index (χ2v) is 2.35. The number of carbonyl (C=O) groups is 1. The molecule has 0 aromatic heterocycles. The van der Waals surface area contributed by atoms with Crippen molar-refractivity contribution in [1.29, 1.82) is 0 Å². The first kappa shape index (κ1) is 7.94. The quantitative estimate of drug-likeness (QED) is 0.518. The van der Waals surface area contributed by atoms with E-state index in [0.717, 1.165) is 0 Å². The normalized spacial score (nSPS) is 9.18. The molecular weight excluding hydrogens is 164 g/mol. The maximum Gasteiger partial charge on any atom is 0.298 e. The molecule has 4 heteroatoms. The number of carbonyl (C=O) groups excluding carboxylic acids is 1. The van der Waals surface area contributed by atoms with E-state index in [1.54, 1.807) is 0 Å². The third-order valence-electron chi connectivity index (χ3n) is 1.13. The van der Waals surface area contributed by atoms with E-state index in [1.807, 2.05) is 0 Å². The predicted octanol–water partition coefficient (Wildman–Crippen LogP) is 1.22. The summed E-state index contributed by atoms with van der Waals surface area (Å²) in [6, 6.07) is 4.39. The zero-order valence-corrected chi connectivity index (χ0v) is 6.41. The molecule has 0 aliphatic rings. The van der Waals surface area contributed by atoms with Crippen molar-refractivity contribution in [2.75, 3.05) is 0 Å². The van der Waals surface area contributed by atoms with Gasteiger partial charge in [0.2, 0.25) is 0 Å². The lowest BCUT2D eigenvalue weighted by Gasteiger charge is -1.99. The van der Waals surface area contributed by atoms with E-state index in [4.69, 9.17) is 5.11 Å². The molecule has 0 heterocycles. The molecule has 1 N–H and O–H groups in total. The molecule has 0 fully saturated rings. The first-order chi connectivity index (χ1) is 5.24. The van der Waals surface area contributed by atoms with Gasteiger partial charge in [-0.25, -0.2) is 0 Å². The summed E-state index contributed by atoms with van der Waals surface area (Å²) in [5, 5.41) is 9.05. The Labute approximate surface area is 69.0 Å². The molecule has 0 bridgehead atoms. The largest absolute Gasteiger partial charge is 0.507 e. The summed E-state index contributed by atoms with van der Waals surface area (Å²) >= 11 is 3.92. The number of rotatable bonds is 2. The van der Waals surface area contributed by atoms with E-state index >= 15 is 0 Å². The van der Waals surface area contributed by atoms with Crippen LogP contribution in [0.2, 0.25) is 0 Å². The number of benzene rings is 1. The number of aromatic hydroxyl groups is 1. The van der Waals surface area contributed by atoms with E-state index in [1.165, 1.54) is 18.2 Å². The van der Waals surface area contributed by atoms with Gasteiger partial charge >= 0.3 is 0 Å². The average molecular weight is 170 g/mol. The van der Waals surface area contributed by atoms with Crippen LogP contribution in [-0.4, -0.2) is 11.6 Å². The van der Waals surface area contributed by atoms with Crippen LogP contribution in [0.15, 0.2) is 23.1 Å². The zero-order chi connectivity index (χ0) is 8.27. The minimum absolute atomic E-state index is 0.00677. The van der Waals surface area contributed by atoms with Gasteiger partial charge in [-0.15, -0.1) is 12.6 Å². The summed E-state index contributed by atoms with van der Waals surface area (Å²) < 4.78 is 4.47. The summed E-state index contributed by atoms with van der Waals surface area (Å²) in [5.41, 5.74) is 0. The standard InChI is InChI=1S/C7H6O3S/c8-4-10-5-1-2-7(11)6(9)3-5/h1-4,9,11H. The van der Waals surface area contributed by atoms with Gasteiger partial charge in [-0.3, -0.25) is 4.79 Å². The van der Waals surface area contributed by atoms with Crippen molar-refractivity contribution in [3.05, 3.63) is 18.2 Å². The van der Waals surface area contributed by atoms with Gasteiger partial charge in [-0.1, -0.05) is 0 Å². The molecule has 0 unspecified atom stereocenters. The summed E-state index contributed by atoms with van der Waals surface area (Å²) in [5.74, 6) is 0.294. The van der Waals surface area contributed by atoms with E-state index in [2.05, 4.69) is 17.4 Å². The summed E-state index contributed by atoms with van der Waals surface area (Å²) in [6.07, 6.45) is 0. The summed E-state index contributed by atoms with van der Waals surface area (Å²) in [7, 11) is 0. The van der Waals surface area contributed by atoms with Gasteiger partial charge in [0.15, 0.2) is 0 Å². The molecular formula is C7H6O3S. The van der Waals surface area contributed by atoms with Crippen molar-refractivity contribution in [2.45, 2.75) is 4.90 Å². The number of ether oxygens (including phenoxy) is 1. The third-order valence-corrected chi connectivity index (χ3v) is 1.51. The molecule has 0 saturated carbocycles. The highest BCUT2D eigenvalue weighted by Crippen LogP contribution is 2.25. The van der Waals surface area contributed by atoms with Crippen molar-refractivity contribution in [3.8, 4) is 11.5 Å². The molecule has 11 heavy (non-hydrogen) atoms. The van der Waals surface area contributed by atoms with E-state index in [0.29, 0.717) is 17.1 Å². The summed E-state index contributed by atoms with van der Waals surface area (Å²) in [6.45, 7) is 0.299. The van der Waals surface area contributed by atoms with Gasteiger partial charge in [-0.2, -0.15) is 0 Å². The Hall–Kier alpha value is -1.16. The van der Waals surface area contributed by atoms with Crippen LogP contribution in [-0.2, 0) is 4.79 Å². The van der Waals surface area contributed by atoms with E-state index in [9.17, 15) is 4.79 Å². The highest BCUT2D eigenvalue weighted by molar-refractivity contribution is 7.80. The van der Waals surface area contributed by atoms with Gasteiger partial charge < -0.3 is 9.84 Å². The summed E-state index contributed by atoms with van der Waals surface area (Å²) in [4.78, 5) is 10.3. The Morgan fingerprint density at radius 3 is 2.82 bits per heavy atom. The molecule has 0 aliphatic carbocycles. The Kier molecular flexibility index (Phi) is 2.38.